The summed E-state index contributed by atoms with van der Waals surface area (Å²) in [6, 6.07) is 1.92. The van der Waals surface area contributed by atoms with Gasteiger partial charge in [-0.15, -0.1) is 0 Å². The second kappa shape index (κ2) is 7.40. The molecular weight excluding hydrogens is 256 g/mol. The van der Waals surface area contributed by atoms with E-state index < -0.39 is 0 Å². The molecule has 0 unspecified atom stereocenters. The number of rotatable bonds is 5. The number of likely N-dealkylation sites (tertiary alicyclic amines) is 1. The molecule has 1 atom stereocenters. The van der Waals surface area contributed by atoms with Crippen molar-refractivity contribution < 1.29 is 9.53 Å². The van der Waals surface area contributed by atoms with Gasteiger partial charge in [0.05, 0.1) is 30.6 Å². The van der Waals surface area contributed by atoms with E-state index in [1.165, 1.54) is 12.8 Å². The Morgan fingerprint density at radius 2 is 2.40 bits per heavy atom. The lowest BCUT2D eigenvalue weighted by molar-refractivity contribution is -0.126. The second-order valence-corrected chi connectivity index (χ2v) is 5.38. The van der Waals surface area contributed by atoms with E-state index in [1.807, 2.05) is 13.1 Å². The molecule has 0 spiro atoms. The van der Waals surface area contributed by atoms with Crippen LogP contribution in [0.2, 0.25) is 0 Å². The molecule has 0 saturated carbocycles. The molecular formula is C14H24N4O2. The van der Waals surface area contributed by atoms with Crippen LogP contribution in [0.4, 0.5) is 0 Å². The van der Waals surface area contributed by atoms with E-state index in [4.69, 9.17) is 4.74 Å². The van der Waals surface area contributed by atoms with Crippen molar-refractivity contribution >= 4 is 5.91 Å². The van der Waals surface area contributed by atoms with Crippen molar-refractivity contribution in [3.05, 3.63) is 17.5 Å². The molecule has 112 valence electrons. The molecule has 1 aromatic heterocycles. The Labute approximate surface area is 119 Å². The van der Waals surface area contributed by atoms with Crippen LogP contribution in [0.1, 0.15) is 37.1 Å². The number of aromatic nitrogens is 2. The summed E-state index contributed by atoms with van der Waals surface area (Å²) < 4.78 is 5.01. The fourth-order valence-electron chi connectivity index (χ4n) is 2.60. The highest BCUT2D eigenvalue weighted by molar-refractivity contribution is 5.81. The summed E-state index contributed by atoms with van der Waals surface area (Å²) in [6.45, 7) is 1.97. The molecule has 0 radical (unpaired) electrons. The van der Waals surface area contributed by atoms with E-state index in [-0.39, 0.29) is 11.9 Å². The number of amides is 1. The first kappa shape index (κ1) is 15.0. The largest absolute Gasteiger partial charge is 0.378 e. The Morgan fingerprint density at radius 3 is 3.20 bits per heavy atom. The van der Waals surface area contributed by atoms with Gasteiger partial charge in [-0.05, 0) is 32.5 Å². The second-order valence-electron chi connectivity index (χ2n) is 5.38. The number of nitrogens with zero attached hydrogens (tertiary/aromatic N) is 2. The molecule has 6 heteroatoms. The zero-order valence-electron chi connectivity index (χ0n) is 12.3. The van der Waals surface area contributed by atoms with Crippen LogP contribution >= 0.6 is 0 Å². The lowest BCUT2D eigenvalue weighted by atomic mass is 10.1. The minimum atomic E-state index is -0.00105. The molecule has 2 N–H and O–H groups in total. The average molecular weight is 280 g/mol. The van der Waals surface area contributed by atoms with Gasteiger partial charge in [-0.1, -0.05) is 12.8 Å². The van der Waals surface area contributed by atoms with E-state index >= 15 is 0 Å². The molecule has 1 amide bonds. The zero-order valence-corrected chi connectivity index (χ0v) is 12.3. The molecule has 0 bridgehead atoms. The quantitative estimate of drug-likeness (QED) is 0.845. The fourth-order valence-corrected chi connectivity index (χ4v) is 2.60. The first-order chi connectivity index (χ1) is 9.70. The van der Waals surface area contributed by atoms with Crippen molar-refractivity contribution in [3.8, 4) is 0 Å². The number of aromatic amines is 1. The lowest BCUT2D eigenvalue weighted by Crippen LogP contribution is -2.44. The van der Waals surface area contributed by atoms with Gasteiger partial charge in [0.25, 0.3) is 0 Å². The first-order valence-corrected chi connectivity index (χ1v) is 7.20. The van der Waals surface area contributed by atoms with Crippen molar-refractivity contribution in [1.82, 2.24) is 20.4 Å². The van der Waals surface area contributed by atoms with Crippen LogP contribution in [0.15, 0.2) is 6.07 Å². The van der Waals surface area contributed by atoms with Gasteiger partial charge in [0.1, 0.15) is 0 Å². The summed E-state index contributed by atoms with van der Waals surface area (Å²) in [5, 5.41) is 10.0. The summed E-state index contributed by atoms with van der Waals surface area (Å²) in [7, 11) is 3.67. The standard InChI is InChI=1S/C14H24N4O2/c1-18-7-5-3-4-6-13(18)14(19)15-9-11-8-12(10-20-2)17-16-11/h8,13H,3-7,9-10H2,1-2H3,(H,15,19)(H,16,17)/t13-/m0/s1. The van der Waals surface area contributed by atoms with Gasteiger partial charge < -0.3 is 10.1 Å². The van der Waals surface area contributed by atoms with Crippen LogP contribution < -0.4 is 5.32 Å². The summed E-state index contributed by atoms with van der Waals surface area (Å²) in [5.74, 6) is 0.109. The molecule has 1 aromatic rings. The minimum absolute atomic E-state index is 0.00105. The maximum Gasteiger partial charge on any atom is 0.237 e. The first-order valence-electron chi connectivity index (χ1n) is 7.20. The van der Waals surface area contributed by atoms with Gasteiger partial charge >= 0.3 is 0 Å². The Balaban J connectivity index is 1.83. The van der Waals surface area contributed by atoms with Crippen molar-refractivity contribution in [2.45, 2.75) is 44.9 Å². The molecule has 1 saturated heterocycles. The third-order valence-electron chi connectivity index (χ3n) is 3.75. The van der Waals surface area contributed by atoms with Crippen molar-refractivity contribution in [3.63, 3.8) is 0 Å². The van der Waals surface area contributed by atoms with E-state index in [0.29, 0.717) is 13.2 Å². The SMILES string of the molecule is COCc1cc(CNC(=O)[C@@H]2CCCCCN2C)[nH]n1. The third-order valence-corrected chi connectivity index (χ3v) is 3.75. The van der Waals surface area contributed by atoms with Crippen LogP contribution in [0.3, 0.4) is 0 Å². The highest BCUT2D eigenvalue weighted by Gasteiger charge is 2.24. The van der Waals surface area contributed by atoms with Gasteiger partial charge in [-0.3, -0.25) is 14.8 Å². The van der Waals surface area contributed by atoms with Crippen LogP contribution in [0, 0.1) is 0 Å². The van der Waals surface area contributed by atoms with Crippen LogP contribution in [0.5, 0.6) is 0 Å². The Kier molecular flexibility index (Phi) is 5.55. The molecule has 6 nitrogen and oxygen atoms in total. The molecule has 2 rings (SSSR count). The zero-order chi connectivity index (χ0) is 14.4. The Hall–Kier alpha value is -1.40. The minimum Gasteiger partial charge on any atom is -0.378 e. The monoisotopic (exact) mass is 280 g/mol. The van der Waals surface area contributed by atoms with Crippen molar-refractivity contribution in [2.75, 3.05) is 20.7 Å². The van der Waals surface area contributed by atoms with Gasteiger partial charge in [0, 0.05) is 7.11 Å². The highest BCUT2D eigenvalue weighted by Crippen LogP contribution is 2.15. The normalized spacial score (nSPS) is 20.6. The third kappa shape index (κ3) is 4.05. The predicted molar refractivity (Wildman–Crippen MR) is 76.0 cm³/mol. The fraction of sp³-hybridized carbons (Fsp3) is 0.714. The molecule has 1 fully saturated rings. The predicted octanol–water partition coefficient (Wildman–Crippen LogP) is 1.05. The maximum absolute atomic E-state index is 12.3. The van der Waals surface area contributed by atoms with Gasteiger partial charge in [0.15, 0.2) is 0 Å². The Morgan fingerprint density at radius 1 is 1.55 bits per heavy atom. The molecule has 1 aliphatic heterocycles. The van der Waals surface area contributed by atoms with Crippen molar-refractivity contribution in [2.24, 2.45) is 0 Å². The van der Waals surface area contributed by atoms with Gasteiger partial charge in [-0.2, -0.15) is 5.10 Å². The molecule has 2 heterocycles. The van der Waals surface area contributed by atoms with Gasteiger partial charge in [0.2, 0.25) is 5.91 Å². The van der Waals surface area contributed by atoms with Crippen LogP contribution in [-0.4, -0.2) is 47.7 Å². The van der Waals surface area contributed by atoms with E-state index in [9.17, 15) is 4.79 Å². The van der Waals surface area contributed by atoms with Crippen LogP contribution in [-0.2, 0) is 22.7 Å². The van der Waals surface area contributed by atoms with Crippen LogP contribution in [0.25, 0.3) is 0 Å². The smallest absolute Gasteiger partial charge is 0.237 e. The lowest BCUT2D eigenvalue weighted by Gasteiger charge is -2.24. The summed E-state index contributed by atoms with van der Waals surface area (Å²) in [4.78, 5) is 14.4. The topological polar surface area (TPSA) is 70.2 Å². The summed E-state index contributed by atoms with van der Waals surface area (Å²) in [5.41, 5.74) is 1.75. The average Bonchev–Trinajstić information content (AvgIpc) is 2.77. The number of H-pyrrole nitrogens is 1. The Bertz CT molecular complexity index is 433. The number of hydrogen-bond acceptors (Lipinski definition) is 4. The molecule has 20 heavy (non-hydrogen) atoms. The van der Waals surface area contributed by atoms with Crippen molar-refractivity contribution in [1.29, 1.82) is 0 Å². The van der Waals surface area contributed by atoms with E-state index in [2.05, 4.69) is 20.4 Å². The molecule has 0 aliphatic carbocycles. The summed E-state index contributed by atoms with van der Waals surface area (Å²) in [6.07, 6.45) is 4.47. The molecule has 0 aromatic carbocycles. The highest BCUT2D eigenvalue weighted by atomic mass is 16.5. The van der Waals surface area contributed by atoms with E-state index in [0.717, 1.165) is 30.8 Å². The number of ether oxygens (including phenoxy) is 1. The number of carbonyl (C=O) groups excluding carboxylic acids is 1. The number of likely N-dealkylation sites (N-methyl/N-ethyl adjacent to an activating group) is 1. The molecule has 1 aliphatic rings. The van der Waals surface area contributed by atoms with Gasteiger partial charge in [-0.25, -0.2) is 0 Å². The maximum atomic E-state index is 12.3. The number of nitrogens with one attached hydrogen (secondary N) is 2. The number of hydrogen-bond donors (Lipinski definition) is 2. The number of methoxy groups -OCH3 is 1. The number of carbonyl (C=O) groups is 1. The summed E-state index contributed by atoms with van der Waals surface area (Å²) >= 11 is 0. The van der Waals surface area contributed by atoms with E-state index in [1.54, 1.807) is 7.11 Å².